The molecular weight excluding hydrogens is 352 g/mol. The van der Waals surface area contributed by atoms with Gasteiger partial charge in [0.2, 0.25) is 0 Å². The maximum atomic E-state index is 12.7. The lowest BCUT2D eigenvalue weighted by molar-refractivity contribution is 0.0420. The molecule has 0 aromatic heterocycles. The topological polar surface area (TPSA) is 63.6 Å². The van der Waals surface area contributed by atoms with E-state index in [1.54, 1.807) is 12.1 Å². The van der Waals surface area contributed by atoms with E-state index in [2.05, 4.69) is 27.7 Å². The van der Waals surface area contributed by atoms with Crippen molar-refractivity contribution >= 4 is 11.9 Å². The molecule has 0 aliphatic carbocycles. The number of carbonyl (C=O) groups is 2. The number of carboxylic acids is 1. The van der Waals surface area contributed by atoms with Crippen LogP contribution in [0, 0.1) is 11.8 Å². The molecule has 1 rings (SSSR count). The summed E-state index contributed by atoms with van der Waals surface area (Å²) < 4.78 is 5.52. The number of ether oxygens (including phenoxy) is 1. The Hall–Kier alpha value is -1.84. The van der Waals surface area contributed by atoms with E-state index in [1.165, 1.54) is 12.8 Å². The summed E-state index contributed by atoms with van der Waals surface area (Å²) in [5, 5.41) is 9.48. The summed E-state index contributed by atoms with van der Waals surface area (Å²) in [6.07, 6.45) is 9.67. The van der Waals surface area contributed by atoms with E-state index in [0.29, 0.717) is 18.4 Å². The maximum Gasteiger partial charge on any atom is 0.339 e. The van der Waals surface area contributed by atoms with Crippen LogP contribution in [0.15, 0.2) is 18.2 Å². The largest absolute Gasteiger partial charge is 0.478 e. The highest BCUT2D eigenvalue weighted by Gasteiger charge is 2.20. The van der Waals surface area contributed by atoms with Crippen LogP contribution < -0.4 is 0 Å². The highest BCUT2D eigenvalue weighted by Crippen LogP contribution is 2.22. The van der Waals surface area contributed by atoms with Crippen molar-refractivity contribution < 1.29 is 19.4 Å². The Balaban J connectivity index is 2.91. The van der Waals surface area contributed by atoms with Crippen molar-refractivity contribution in [3.8, 4) is 0 Å². The van der Waals surface area contributed by atoms with Crippen molar-refractivity contribution in [3.05, 3.63) is 34.9 Å². The minimum absolute atomic E-state index is 0.0250. The molecule has 4 nitrogen and oxygen atoms in total. The molecule has 0 saturated heterocycles. The highest BCUT2D eigenvalue weighted by atomic mass is 16.5. The standard InChI is InChI=1S/C24H38O4/c1-5-9-11-18(7-3)15-20-13-14-21(23(25)26)22(16-20)24(27)28-17-19(8-4)12-10-6-2/h13-14,16,18-19H,5-12,15,17H2,1-4H3,(H,25,26). The first kappa shape index (κ1) is 24.2. The molecule has 2 unspecified atom stereocenters. The van der Waals surface area contributed by atoms with Crippen LogP contribution in [0.3, 0.4) is 0 Å². The molecule has 0 bridgehead atoms. The zero-order valence-electron chi connectivity index (χ0n) is 18.1. The number of hydrogen-bond acceptors (Lipinski definition) is 3. The van der Waals surface area contributed by atoms with Crippen molar-refractivity contribution in [2.45, 2.75) is 85.5 Å². The fraction of sp³-hybridized carbons (Fsp3) is 0.667. The third-order valence-corrected chi connectivity index (χ3v) is 5.60. The maximum absolute atomic E-state index is 12.7. The Morgan fingerprint density at radius 1 is 0.929 bits per heavy atom. The summed E-state index contributed by atoms with van der Waals surface area (Å²) in [6.45, 7) is 8.97. The van der Waals surface area contributed by atoms with Crippen LogP contribution in [0.2, 0.25) is 0 Å². The summed E-state index contributed by atoms with van der Waals surface area (Å²) in [5.74, 6) is -0.720. The number of rotatable bonds is 14. The molecule has 1 aromatic carbocycles. The first-order chi connectivity index (χ1) is 13.5. The first-order valence-electron chi connectivity index (χ1n) is 11.0. The summed E-state index contributed by atoms with van der Waals surface area (Å²) in [7, 11) is 0. The van der Waals surface area contributed by atoms with Gasteiger partial charge in [0.25, 0.3) is 0 Å². The zero-order valence-corrected chi connectivity index (χ0v) is 18.1. The molecule has 0 heterocycles. The fourth-order valence-corrected chi connectivity index (χ4v) is 3.52. The van der Waals surface area contributed by atoms with Crippen LogP contribution in [0.25, 0.3) is 0 Å². The van der Waals surface area contributed by atoms with Crippen LogP contribution in [-0.2, 0) is 11.2 Å². The minimum atomic E-state index is -1.09. The predicted molar refractivity (Wildman–Crippen MR) is 114 cm³/mol. The van der Waals surface area contributed by atoms with E-state index < -0.39 is 11.9 Å². The molecular formula is C24H38O4. The van der Waals surface area contributed by atoms with Gasteiger partial charge < -0.3 is 9.84 Å². The van der Waals surface area contributed by atoms with Crippen LogP contribution in [-0.4, -0.2) is 23.7 Å². The molecule has 0 fully saturated rings. The van der Waals surface area contributed by atoms with E-state index in [1.807, 2.05) is 6.07 Å². The average molecular weight is 391 g/mol. The molecule has 0 saturated carbocycles. The Morgan fingerprint density at radius 2 is 1.54 bits per heavy atom. The summed E-state index contributed by atoms with van der Waals surface area (Å²) >= 11 is 0. The van der Waals surface area contributed by atoms with Gasteiger partial charge in [-0.15, -0.1) is 0 Å². The number of esters is 1. The van der Waals surface area contributed by atoms with Crippen LogP contribution in [0.5, 0.6) is 0 Å². The van der Waals surface area contributed by atoms with Gasteiger partial charge in [-0.3, -0.25) is 0 Å². The van der Waals surface area contributed by atoms with E-state index in [9.17, 15) is 14.7 Å². The Bertz CT molecular complexity index is 609. The molecule has 158 valence electrons. The molecule has 0 aliphatic rings. The lowest BCUT2D eigenvalue weighted by atomic mass is 9.90. The molecule has 0 radical (unpaired) electrons. The van der Waals surface area contributed by atoms with E-state index >= 15 is 0 Å². The number of unbranched alkanes of at least 4 members (excludes halogenated alkanes) is 2. The van der Waals surface area contributed by atoms with Gasteiger partial charge in [-0.25, -0.2) is 9.59 Å². The third kappa shape index (κ3) is 8.04. The van der Waals surface area contributed by atoms with Gasteiger partial charge in [0.1, 0.15) is 0 Å². The second-order valence-corrected chi connectivity index (χ2v) is 7.82. The molecule has 4 heteroatoms. The Labute approximate surface area is 170 Å². The van der Waals surface area contributed by atoms with Crippen molar-refractivity contribution in [1.29, 1.82) is 0 Å². The van der Waals surface area contributed by atoms with Crippen molar-refractivity contribution in [2.24, 2.45) is 11.8 Å². The summed E-state index contributed by atoms with van der Waals surface area (Å²) in [6, 6.07) is 5.12. The second kappa shape index (κ2) is 13.4. The number of hydrogen-bond donors (Lipinski definition) is 1. The third-order valence-electron chi connectivity index (χ3n) is 5.60. The van der Waals surface area contributed by atoms with Crippen LogP contribution in [0.4, 0.5) is 0 Å². The lowest BCUT2D eigenvalue weighted by Crippen LogP contribution is -2.17. The van der Waals surface area contributed by atoms with E-state index in [0.717, 1.165) is 50.5 Å². The normalized spacial score (nSPS) is 13.1. The summed E-state index contributed by atoms with van der Waals surface area (Å²) in [4.78, 5) is 24.2. The smallest absolute Gasteiger partial charge is 0.339 e. The highest BCUT2D eigenvalue weighted by molar-refractivity contribution is 6.02. The lowest BCUT2D eigenvalue weighted by Gasteiger charge is -2.17. The molecule has 0 spiro atoms. The van der Waals surface area contributed by atoms with Gasteiger partial charge in [0.05, 0.1) is 17.7 Å². The molecule has 0 aliphatic heterocycles. The van der Waals surface area contributed by atoms with E-state index in [-0.39, 0.29) is 11.1 Å². The van der Waals surface area contributed by atoms with Crippen molar-refractivity contribution in [3.63, 3.8) is 0 Å². The van der Waals surface area contributed by atoms with Crippen LogP contribution >= 0.6 is 0 Å². The molecule has 0 amide bonds. The number of aromatic carboxylic acids is 1. The first-order valence-corrected chi connectivity index (χ1v) is 11.0. The SMILES string of the molecule is CCCCC(CC)COC(=O)c1cc(CC(CC)CCCC)ccc1C(=O)O. The van der Waals surface area contributed by atoms with Gasteiger partial charge >= 0.3 is 11.9 Å². The Kier molecular flexibility index (Phi) is 11.5. The average Bonchev–Trinajstić information content (AvgIpc) is 2.70. The molecule has 1 N–H and O–H groups in total. The zero-order chi connectivity index (χ0) is 20.9. The van der Waals surface area contributed by atoms with Gasteiger partial charge in [0.15, 0.2) is 0 Å². The quantitative estimate of drug-likeness (QED) is 0.367. The molecule has 2 atom stereocenters. The minimum Gasteiger partial charge on any atom is -0.478 e. The van der Waals surface area contributed by atoms with Gasteiger partial charge in [-0.05, 0) is 42.4 Å². The molecule has 28 heavy (non-hydrogen) atoms. The van der Waals surface area contributed by atoms with Gasteiger partial charge in [-0.1, -0.05) is 78.7 Å². The van der Waals surface area contributed by atoms with Crippen molar-refractivity contribution in [1.82, 2.24) is 0 Å². The number of benzene rings is 1. The monoisotopic (exact) mass is 390 g/mol. The summed E-state index contributed by atoms with van der Waals surface area (Å²) in [5.41, 5.74) is 1.22. The van der Waals surface area contributed by atoms with Crippen molar-refractivity contribution in [2.75, 3.05) is 6.61 Å². The van der Waals surface area contributed by atoms with Crippen LogP contribution in [0.1, 0.15) is 105 Å². The number of carbonyl (C=O) groups excluding carboxylic acids is 1. The van der Waals surface area contributed by atoms with Gasteiger partial charge in [-0.2, -0.15) is 0 Å². The fourth-order valence-electron chi connectivity index (χ4n) is 3.52. The van der Waals surface area contributed by atoms with Gasteiger partial charge in [0, 0.05) is 0 Å². The number of carboxylic acid groups (broad SMARTS) is 1. The second-order valence-electron chi connectivity index (χ2n) is 7.82. The predicted octanol–water partition coefficient (Wildman–Crippen LogP) is 6.52. The molecule has 1 aromatic rings. The van der Waals surface area contributed by atoms with E-state index in [4.69, 9.17) is 4.74 Å². The Morgan fingerprint density at radius 3 is 2.07 bits per heavy atom.